The van der Waals surface area contributed by atoms with E-state index in [1.807, 2.05) is 12.1 Å². The number of nitrogens with one attached hydrogen (secondary N) is 1. The predicted molar refractivity (Wildman–Crippen MR) is 79.4 cm³/mol. The number of rotatable bonds is 6. The lowest BCUT2D eigenvalue weighted by Gasteiger charge is -2.10. The molecule has 96 valence electrons. The van der Waals surface area contributed by atoms with Crippen molar-refractivity contribution >= 4 is 33.1 Å². The number of pyridine rings is 1. The fourth-order valence-corrected chi connectivity index (χ4v) is 2.86. The van der Waals surface area contributed by atoms with Gasteiger partial charge in [-0.2, -0.15) is 0 Å². The van der Waals surface area contributed by atoms with Crippen molar-refractivity contribution in [2.75, 3.05) is 11.9 Å². The van der Waals surface area contributed by atoms with Crippen LogP contribution in [0.25, 0.3) is 0 Å². The van der Waals surface area contributed by atoms with Crippen molar-refractivity contribution in [3.63, 3.8) is 0 Å². The van der Waals surface area contributed by atoms with Gasteiger partial charge in [-0.25, -0.2) is 4.98 Å². The van der Waals surface area contributed by atoms with Gasteiger partial charge in [0, 0.05) is 20.9 Å². The normalized spacial score (nSPS) is 10.3. The number of thiophene rings is 1. The number of ether oxygens (including phenoxy) is 1. The van der Waals surface area contributed by atoms with Gasteiger partial charge in [-0.1, -0.05) is 6.92 Å². The highest BCUT2D eigenvalue weighted by molar-refractivity contribution is 9.10. The van der Waals surface area contributed by atoms with Gasteiger partial charge in [0.15, 0.2) is 11.6 Å². The summed E-state index contributed by atoms with van der Waals surface area (Å²) in [5.41, 5.74) is 0. The second kappa shape index (κ2) is 6.75. The first-order valence-corrected chi connectivity index (χ1v) is 7.51. The number of anilines is 1. The van der Waals surface area contributed by atoms with Crippen LogP contribution in [-0.4, -0.2) is 11.6 Å². The van der Waals surface area contributed by atoms with Gasteiger partial charge in [0.05, 0.1) is 13.2 Å². The van der Waals surface area contributed by atoms with Crippen LogP contribution in [0.3, 0.4) is 0 Å². The maximum absolute atomic E-state index is 5.65. The van der Waals surface area contributed by atoms with Gasteiger partial charge >= 0.3 is 0 Å². The third-order valence-corrected chi connectivity index (χ3v) is 3.98. The molecule has 0 bridgehead atoms. The Kier molecular flexibility index (Phi) is 5.01. The summed E-state index contributed by atoms with van der Waals surface area (Å²) in [7, 11) is 0. The van der Waals surface area contributed by atoms with E-state index in [-0.39, 0.29) is 0 Å². The SMILES string of the molecule is CCCOc1cccnc1NCc1cc(Br)cs1. The van der Waals surface area contributed by atoms with Gasteiger partial charge in [0.25, 0.3) is 0 Å². The number of hydrogen-bond acceptors (Lipinski definition) is 4. The van der Waals surface area contributed by atoms with Crippen molar-refractivity contribution in [2.24, 2.45) is 0 Å². The quantitative estimate of drug-likeness (QED) is 0.859. The van der Waals surface area contributed by atoms with E-state index in [1.165, 1.54) is 4.88 Å². The second-order valence-electron chi connectivity index (χ2n) is 3.78. The molecule has 2 rings (SSSR count). The van der Waals surface area contributed by atoms with E-state index < -0.39 is 0 Å². The van der Waals surface area contributed by atoms with E-state index in [1.54, 1.807) is 17.5 Å². The lowest BCUT2D eigenvalue weighted by Crippen LogP contribution is -2.04. The van der Waals surface area contributed by atoms with Gasteiger partial charge in [-0.05, 0) is 40.5 Å². The zero-order valence-corrected chi connectivity index (χ0v) is 12.6. The third-order valence-electron chi connectivity index (χ3n) is 2.28. The summed E-state index contributed by atoms with van der Waals surface area (Å²) >= 11 is 5.16. The molecule has 0 radical (unpaired) electrons. The van der Waals surface area contributed by atoms with Gasteiger partial charge in [-0.3, -0.25) is 0 Å². The molecule has 0 aliphatic heterocycles. The molecule has 2 heterocycles. The van der Waals surface area contributed by atoms with Crippen molar-refractivity contribution in [1.82, 2.24) is 4.98 Å². The average molecular weight is 327 g/mol. The first kappa shape index (κ1) is 13.4. The Hall–Kier alpha value is -1.07. The largest absolute Gasteiger partial charge is 0.490 e. The molecular formula is C13H15BrN2OS. The fraction of sp³-hybridized carbons (Fsp3) is 0.308. The van der Waals surface area contributed by atoms with Gasteiger partial charge in [0.1, 0.15) is 0 Å². The Balaban J connectivity index is 1.99. The highest BCUT2D eigenvalue weighted by Gasteiger charge is 2.04. The standard InChI is InChI=1S/C13H15BrN2OS/c1-2-6-17-12-4-3-5-15-13(12)16-8-11-7-10(14)9-18-11/h3-5,7,9H,2,6,8H2,1H3,(H,15,16). The van der Waals surface area contributed by atoms with Crippen molar-refractivity contribution in [1.29, 1.82) is 0 Å². The molecule has 0 aliphatic carbocycles. The number of nitrogens with zero attached hydrogens (tertiary/aromatic N) is 1. The molecule has 0 saturated carbocycles. The number of halogens is 1. The third kappa shape index (κ3) is 3.71. The summed E-state index contributed by atoms with van der Waals surface area (Å²) in [4.78, 5) is 5.57. The Bertz CT molecular complexity index is 501. The van der Waals surface area contributed by atoms with Crippen molar-refractivity contribution in [3.05, 3.63) is 39.1 Å². The van der Waals surface area contributed by atoms with E-state index >= 15 is 0 Å². The van der Waals surface area contributed by atoms with Crippen LogP contribution in [0.2, 0.25) is 0 Å². The Labute approximate surface area is 119 Å². The zero-order valence-electron chi connectivity index (χ0n) is 10.1. The molecule has 5 heteroatoms. The summed E-state index contributed by atoms with van der Waals surface area (Å²) in [6, 6.07) is 5.93. The number of aromatic nitrogens is 1. The molecule has 3 nitrogen and oxygen atoms in total. The summed E-state index contributed by atoms with van der Waals surface area (Å²) in [5.74, 6) is 1.62. The van der Waals surface area contributed by atoms with E-state index in [0.29, 0.717) is 6.61 Å². The Morgan fingerprint density at radius 2 is 2.39 bits per heavy atom. The molecule has 0 aliphatic rings. The fourth-order valence-electron chi connectivity index (χ4n) is 1.47. The molecule has 0 aromatic carbocycles. The monoisotopic (exact) mass is 326 g/mol. The molecule has 2 aromatic heterocycles. The molecule has 0 atom stereocenters. The van der Waals surface area contributed by atoms with Crippen LogP contribution in [0.4, 0.5) is 5.82 Å². The van der Waals surface area contributed by atoms with E-state index in [0.717, 1.165) is 29.0 Å². The maximum Gasteiger partial charge on any atom is 0.169 e. The van der Waals surface area contributed by atoms with Crippen LogP contribution in [0, 0.1) is 0 Å². The Morgan fingerprint density at radius 3 is 3.11 bits per heavy atom. The van der Waals surface area contributed by atoms with Crippen molar-refractivity contribution in [3.8, 4) is 5.75 Å². The minimum absolute atomic E-state index is 0.713. The number of hydrogen-bond donors (Lipinski definition) is 1. The van der Waals surface area contributed by atoms with E-state index in [2.05, 4.69) is 44.6 Å². The van der Waals surface area contributed by atoms with Crippen molar-refractivity contribution in [2.45, 2.75) is 19.9 Å². The molecule has 0 saturated heterocycles. The molecule has 0 spiro atoms. The summed E-state index contributed by atoms with van der Waals surface area (Å²) in [5, 5.41) is 5.38. The van der Waals surface area contributed by atoms with Gasteiger partial charge in [-0.15, -0.1) is 11.3 Å². The van der Waals surface area contributed by atoms with Crippen LogP contribution in [0.15, 0.2) is 34.2 Å². The predicted octanol–water partition coefficient (Wildman–Crippen LogP) is 4.31. The van der Waals surface area contributed by atoms with E-state index in [9.17, 15) is 0 Å². The minimum Gasteiger partial charge on any atom is -0.490 e. The summed E-state index contributed by atoms with van der Waals surface area (Å²) in [6.07, 6.45) is 2.76. The first-order valence-electron chi connectivity index (χ1n) is 5.84. The van der Waals surface area contributed by atoms with Gasteiger partial charge in [0.2, 0.25) is 0 Å². The van der Waals surface area contributed by atoms with Crippen LogP contribution in [0.1, 0.15) is 18.2 Å². The Morgan fingerprint density at radius 1 is 1.50 bits per heavy atom. The summed E-state index contributed by atoms with van der Waals surface area (Å²) < 4.78 is 6.77. The lowest BCUT2D eigenvalue weighted by molar-refractivity contribution is 0.318. The topological polar surface area (TPSA) is 34.1 Å². The molecule has 1 N–H and O–H groups in total. The highest BCUT2D eigenvalue weighted by Crippen LogP contribution is 2.24. The van der Waals surface area contributed by atoms with Crippen molar-refractivity contribution < 1.29 is 4.74 Å². The molecule has 0 unspecified atom stereocenters. The van der Waals surface area contributed by atoms with E-state index in [4.69, 9.17) is 4.74 Å². The average Bonchev–Trinajstić information content (AvgIpc) is 2.81. The zero-order chi connectivity index (χ0) is 12.8. The molecule has 18 heavy (non-hydrogen) atoms. The minimum atomic E-state index is 0.713. The van der Waals surface area contributed by atoms with Crippen LogP contribution >= 0.6 is 27.3 Å². The second-order valence-corrected chi connectivity index (χ2v) is 5.69. The molecule has 0 fully saturated rings. The molecule has 0 amide bonds. The molecular weight excluding hydrogens is 312 g/mol. The smallest absolute Gasteiger partial charge is 0.169 e. The first-order chi connectivity index (χ1) is 8.79. The summed E-state index contributed by atoms with van der Waals surface area (Å²) in [6.45, 7) is 3.56. The maximum atomic E-state index is 5.65. The van der Waals surface area contributed by atoms with Gasteiger partial charge < -0.3 is 10.1 Å². The van der Waals surface area contributed by atoms with Crippen LogP contribution in [0.5, 0.6) is 5.75 Å². The molecule has 2 aromatic rings. The van der Waals surface area contributed by atoms with Crippen LogP contribution in [-0.2, 0) is 6.54 Å². The highest BCUT2D eigenvalue weighted by atomic mass is 79.9. The van der Waals surface area contributed by atoms with Crippen LogP contribution < -0.4 is 10.1 Å². The lowest BCUT2D eigenvalue weighted by atomic mass is 10.4.